The molecule has 0 fully saturated rings. The average Bonchev–Trinajstić information content (AvgIpc) is 2.25. The normalized spacial score (nSPS) is 12.6. The van der Waals surface area contributed by atoms with E-state index in [0.717, 1.165) is 0 Å². The molecule has 1 aromatic rings. The van der Waals surface area contributed by atoms with E-state index in [1.807, 2.05) is 0 Å². The van der Waals surface area contributed by atoms with Crippen molar-refractivity contribution in [2.24, 2.45) is 0 Å². The monoisotopic (exact) mass is 283 g/mol. The fourth-order valence-corrected chi connectivity index (χ4v) is 1.55. The molecule has 5 nitrogen and oxygen atoms in total. The van der Waals surface area contributed by atoms with Crippen molar-refractivity contribution < 1.29 is 23.8 Å². The Kier molecular flexibility index (Phi) is 5.07. The number of hydrogen-bond donors (Lipinski definition) is 2. The van der Waals surface area contributed by atoms with Crippen molar-refractivity contribution in [3.8, 4) is 0 Å². The molecule has 1 rings (SSSR count). The number of alkyl carbamates (subject to hydrolysis) is 1. The fraction of sp³-hybridized carbons (Fsp3) is 0.429. The molecule has 0 bridgehead atoms. The standard InChI is InChI=1S/C14H18FNO4/c1-14(2,3)20-13(19)16-11(12(17)18)8-9-5-4-6-10(15)7-9/h4-7,11H,8H2,1-3H3,(H,16,19)(H,17,18)/t11-/m1/s1. The van der Waals surface area contributed by atoms with E-state index in [-0.39, 0.29) is 6.42 Å². The van der Waals surface area contributed by atoms with Gasteiger partial charge in [0, 0.05) is 6.42 Å². The molecule has 0 saturated carbocycles. The summed E-state index contributed by atoms with van der Waals surface area (Å²) in [5.41, 5.74) is -0.236. The van der Waals surface area contributed by atoms with Crippen LogP contribution in [0.15, 0.2) is 24.3 Å². The predicted octanol–water partition coefficient (Wildman–Crippen LogP) is 2.35. The maximum Gasteiger partial charge on any atom is 0.408 e. The van der Waals surface area contributed by atoms with Gasteiger partial charge >= 0.3 is 12.1 Å². The highest BCUT2D eigenvalue weighted by Crippen LogP contribution is 2.09. The highest BCUT2D eigenvalue weighted by atomic mass is 19.1. The molecule has 20 heavy (non-hydrogen) atoms. The van der Waals surface area contributed by atoms with Crippen LogP contribution in [0.25, 0.3) is 0 Å². The number of carboxylic acid groups (broad SMARTS) is 1. The number of nitrogens with one attached hydrogen (secondary N) is 1. The molecule has 1 amide bonds. The van der Waals surface area contributed by atoms with E-state index >= 15 is 0 Å². The van der Waals surface area contributed by atoms with Gasteiger partial charge in [0.15, 0.2) is 0 Å². The van der Waals surface area contributed by atoms with E-state index in [1.165, 1.54) is 18.2 Å². The van der Waals surface area contributed by atoms with E-state index in [1.54, 1.807) is 26.8 Å². The van der Waals surface area contributed by atoms with Gasteiger partial charge in [0.25, 0.3) is 0 Å². The Labute approximate surface area is 116 Å². The summed E-state index contributed by atoms with van der Waals surface area (Å²) < 4.78 is 18.0. The van der Waals surface area contributed by atoms with Gasteiger partial charge < -0.3 is 15.2 Å². The predicted molar refractivity (Wildman–Crippen MR) is 70.9 cm³/mol. The number of halogens is 1. The van der Waals surface area contributed by atoms with Crippen LogP contribution in [0.3, 0.4) is 0 Å². The van der Waals surface area contributed by atoms with Gasteiger partial charge in [-0.2, -0.15) is 0 Å². The largest absolute Gasteiger partial charge is 0.480 e. The molecule has 0 radical (unpaired) electrons. The zero-order valence-electron chi connectivity index (χ0n) is 11.6. The van der Waals surface area contributed by atoms with Crippen molar-refractivity contribution in [1.29, 1.82) is 0 Å². The molecule has 110 valence electrons. The summed E-state index contributed by atoms with van der Waals surface area (Å²) >= 11 is 0. The van der Waals surface area contributed by atoms with Crippen molar-refractivity contribution >= 4 is 12.1 Å². The third-order valence-corrected chi connectivity index (χ3v) is 2.32. The smallest absolute Gasteiger partial charge is 0.408 e. The van der Waals surface area contributed by atoms with E-state index in [4.69, 9.17) is 9.84 Å². The molecule has 0 heterocycles. The van der Waals surface area contributed by atoms with Gasteiger partial charge in [-0.05, 0) is 38.5 Å². The number of ether oxygens (including phenoxy) is 1. The van der Waals surface area contributed by atoms with Crippen molar-refractivity contribution in [2.45, 2.75) is 38.8 Å². The van der Waals surface area contributed by atoms with Crippen LogP contribution in [0.2, 0.25) is 0 Å². The van der Waals surface area contributed by atoms with Crippen molar-refractivity contribution in [1.82, 2.24) is 5.32 Å². The molecule has 0 saturated heterocycles. The molecular weight excluding hydrogens is 265 g/mol. The zero-order valence-corrected chi connectivity index (χ0v) is 11.6. The Hall–Kier alpha value is -2.11. The lowest BCUT2D eigenvalue weighted by Crippen LogP contribution is -2.44. The SMILES string of the molecule is CC(C)(C)OC(=O)N[C@H](Cc1cccc(F)c1)C(=O)O. The van der Waals surface area contributed by atoms with Gasteiger partial charge in [0.1, 0.15) is 17.5 Å². The van der Waals surface area contributed by atoms with Crippen LogP contribution in [0.5, 0.6) is 0 Å². The van der Waals surface area contributed by atoms with Gasteiger partial charge in [-0.25, -0.2) is 14.0 Å². The summed E-state index contributed by atoms with van der Waals surface area (Å²) in [7, 11) is 0. The van der Waals surface area contributed by atoms with E-state index < -0.39 is 29.5 Å². The first-order valence-corrected chi connectivity index (χ1v) is 6.14. The topological polar surface area (TPSA) is 75.6 Å². The zero-order chi connectivity index (χ0) is 15.3. The molecule has 2 N–H and O–H groups in total. The van der Waals surface area contributed by atoms with Crippen molar-refractivity contribution in [3.05, 3.63) is 35.6 Å². The maximum absolute atomic E-state index is 13.0. The number of hydrogen-bond acceptors (Lipinski definition) is 3. The Balaban J connectivity index is 2.71. The third-order valence-electron chi connectivity index (χ3n) is 2.32. The number of carbonyl (C=O) groups is 2. The molecule has 0 aromatic heterocycles. The Bertz CT molecular complexity index is 496. The Morgan fingerprint density at radius 2 is 2.05 bits per heavy atom. The second-order valence-corrected chi connectivity index (χ2v) is 5.37. The van der Waals surface area contributed by atoms with Gasteiger partial charge in [-0.3, -0.25) is 0 Å². The Morgan fingerprint density at radius 1 is 1.40 bits per heavy atom. The van der Waals surface area contributed by atoms with Gasteiger partial charge in [0.2, 0.25) is 0 Å². The lowest BCUT2D eigenvalue weighted by atomic mass is 10.1. The van der Waals surface area contributed by atoms with Crippen molar-refractivity contribution in [2.75, 3.05) is 0 Å². The maximum atomic E-state index is 13.0. The number of aliphatic carboxylic acids is 1. The summed E-state index contributed by atoms with van der Waals surface area (Å²) in [6, 6.07) is 4.40. The minimum atomic E-state index is -1.21. The molecule has 0 aliphatic rings. The number of carboxylic acids is 1. The molecule has 1 aromatic carbocycles. The summed E-state index contributed by atoms with van der Waals surface area (Å²) in [6.45, 7) is 5.03. The molecular formula is C14H18FNO4. The highest BCUT2D eigenvalue weighted by Gasteiger charge is 2.24. The fourth-order valence-electron chi connectivity index (χ4n) is 1.55. The number of carbonyl (C=O) groups excluding carboxylic acids is 1. The minimum absolute atomic E-state index is 0.0215. The lowest BCUT2D eigenvalue weighted by Gasteiger charge is -2.22. The van der Waals surface area contributed by atoms with Crippen LogP contribution in [-0.4, -0.2) is 28.8 Å². The van der Waals surface area contributed by atoms with Gasteiger partial charge in [-0.1, -0.05) is 12.1 Å². The first-order chi connectivity index (χ1) is 9.17. The van der Waals surface area contributed by atoms with E-state index in [2.05, 4.69) is 5.32 Å². The van der Waals surface area contributed by atoms with Crippen LogP contribution in [0.4, 0.5) is 9.18 Å². The number of benzene rings is 1. The van der Waals surface area contributed by atoms with E-state index in [0.29, 0.717) is 5.56 Å². The minimum Gasteiger partial charge on any atom is -0.480 e. The third kappa shape index (κ3) is 5.69. The van der Waals surface area contributed by atoms with Crippen LogP contribution in [0, 0.1) is 5.82 Å². The second kappa shape index (κ2) is 6.36. The summed E-state index contributed by atoms with van der Waals surface area (Å²) in [4.78, 5) is 22.7. The lowest BCUT2D eigenvalue weighted by molar-refractivity contribution is -0.139. The quantitative estimate of drug-likeness (QED) is 0.889. The first kappa shape index (κ1) is 15.9. The van der Waals surface area contributed by atoms with Crippen molar-refractivity contribution in [3.63, 3.8) is 0 Å². The highest BCUT2D eigenvalue weighted by molar-refractivity contribution is 5.80. The average molecular weight is 283 g/mol. The van der Waals surface area contributed by atoms with Gasteiger partial charge in [-0.15, -0.1) is 0 Å². The van der Waals surface area contributed by atoms with E-state index in [9.17, 15) is 14.0 Å². The van der Waals surface area contributed by atoms with Crippen LogP contribution in [-0.2, 0) is 16.0 Å². The Morgan fingerprint density at radius 3 is 2.55 bits per heavy atom. The summed E-state index contributed by atoms with van der Waals surface area (Å²) in [5, 5.41) is 11.3. The van der Waals surface area contributed by atoms with Gasteiger partial charge in [0.05, 0.1) is 0 Å². The second-order valence-electron chi connectivity index (χ2n) is 5.37. The van der Waals surface area contributed by atoms with Crippen LogP contribution < -0.4 is 5.32 Å². The molecule has 0 aliphatic heterocycles. The molecule has 1 atom stereocenters. The van der Waals surface area contributed by atoms with Crippen LogP contribution in [0.1, 0.15) is 26.3 Å². The molecule has 0 unspecified atom stereocenters. The summed E-state index contributed by atoms with van der Waals surface area (Å²) in [6.07, 6.45) is -0.840. The molecule has 0 spiro atoms. The molecule has 0 aliphatic carbocycles. The number of amides is 1. The first-order valence-electron chi connectivity index (χ1n) is 6.14. The number of rotatable bonds is 4. The summed E-state index contributed by atoms with van der Waals surface area (Å²) in [5.74, 6) is -1.66. The van der Waals surface area contributed by atoms with Crippen LogP contribution >= 0.6 is 0 Å². The molecule has 6 heteroatoms.